The topological polar surface area (TPSA) is 0 Å². The van der Waals surface area contributed by atoms with Crippen LogP contribution >= 0.6 is 0 Å². The lowest BCUT2D eigenvalue weighted by Crippen LogP contribution is -1.94. The maximum Gasteiger partial charge on any atom is -0.00259 e. The predicted octanol–water partition coefficient (Wildman–Crippen LogP) is 32.2. The van der Waals surface area contributed by atoms with Crippen LogP contribution in [0.1, 0.15) is 0 Å². The van der Waals surface area contributed by atoms with Gasteiger partial charge in [0.25, 0.3) is 0 Å². The molecular weight excluding hydrogens is 1370 g/mol. The Kier molecular flexibility index (Phi) is 15.1. The van der Waals surface area contributed by atoms with Crippen LogP contribution in [0, 0.1) is 0 Å². The first kappa shape index (κ1) is 65.1. The van der Waals surface area contributed by atoms with Gasteiger partial charge in [0.05, 0.1) is 0 Å². The molecule has 0 aliphatic rings. The molecule has 0 heterocycles. The van der Waals surface area contributed by atoms with Crippen LogP contribution in [0.25, 0.3) is 241 Å². The van der Waals surface area contributed by atoms with Crippen molar-refractivity contribution in [1.82, 2.24) is 0 Å². The molecule has 0 atom stereocenters. The van der Waals surface area contributed by atoms with Gasteiger partial charge in [-0.3, -0.25) is 0 Å². The van der Waals surface area contributed by atoms with Crippen molar-refractivity contribution in [1.29, 1.82) is 0 Å². The van der Waals surface area contributed by atoms with Crippen molar-refractivity contribution in [3.63, 3.8) is 0 Å². The van der Waals surface area contributed by atoms with Gasteiger partial charge in [0.2, 0.25) is 0 Å². The third-order valence-corrected chi connectivity index (χ3v) is 24.5. The summed E-state index contributed by atoms with van der Waals surface area (Å²) in [6.07, 6.45) is 0. The van der Waals surface area contributed by atoms with E-state index in [-0.39, 0.29) is 0 Å². The summed E-state index contributed by atoms with van der Waals surface area (Å²) >= 11 is 0. The van der Waals surface area contributed by atoms with E-state index >= 15 is 0 Å². The van der Waals surface area contributed by atoms with Gasteiger partial charge in [0.1, 0.15) is 0 Å². The number of fused-ring (bicyclic) bond motifs is 12. The van der Waals surface area contributed by atoms with Crippen LogP contribution in [0.15, 0.2) is 425 Å². The Hall–Kier alpha value is -14.8. The van der Waals surface area contributed by atoms with Crippen molar-refractivity contribution in [2.75, 3.05) is 0 Å². The highest BCUT2D eigenvalue weighted by Gasteiger charge is 2.26. The largest absolute Gasteiger partial charge is 0.0616 e. The molecule has 23 rings (SSSR count). The second kappa shape index (κ2) is 26.5. The van der Waals surface area contributed by atoms with Gasteiger partial charge in [0, 0.05) is 0 Å². The van der Waals surface area contributed by atoms with Crippen LogP contribution < -0.4 is 0 Å². The van der Waals surface area contributed by atoms with Gasteiger partial charge in [0.15, 0.2) is 0 Å². The third-order valence-electron chi connectivity index (χ3n) is 24.5. The Labute approximate surface area is 660 Å². The maximum atomic E-state index is 2.50. The minimum atomic E-state index is 1.13. The van der Waals surface area contributed by atoms with Crippen LogP contribution in [0.3, 0.4) is 0 Å². The average Bonchev–Trinajstić information content (AvgIpc) is 0.734. The monoisotopic (exact) mass is 1440 g/mol. The summed E-state index contributed by atoms with van der Waals surface area (Å²) in [4.78, 5) is 0. The van der Waals surface area contributed by atoms with E-state index in [1.807, 2.05) is 0 Å². The van der Waals surface area contributed by atoms with Gasteiger partial charge < -0.3 is 0 Å². The Morgan fingerprint density at radius 1 is 0.0789 bits per heavy atom. The van der Waals surface area contributed by atoms with E-state index in [2.05, 4.69) is 425 Å². The van der Waals surface area contributed by atoms with E-state index < -0.39 is 0 Å². The van der Waals surface area contributed by atoms with Crippen molar-refractivity contribution >= 4 is 129 Å². The lowest BCUT2D eigenvalue weighted by Gasteiger charge is -2.21. The zero-order chi connectivity index (χ0) is 74.9. The fourth-order valence-electron chi connectivity index (χ4n) is 19.4. The predicted molar refractivity (Wildman–Crippen MR) is 491 cm³/mol. The van der Waals surface area contributed by atoms with Crippen LogP contribution in [-0.2, 0) is 0 Å². The van der Waals surface area contributed by atoms with E-state index in [1.165, 1.54) is 196 Å². The Morgan fingerprint density at radius 3 is 0.386 bits per heavy atom. The summed E-state index contributed by atoms with van der Waals surface area (Å²) in [5, 5.41) is 29.3. The summed E-state index contributed by atoms with van der Waals surface area (Å²) in [7, 11) is 0. The quantitative estimate of drug-likeness (QED) is 0.120. The van der Waals surface area contributed by atoms with Crippen LogP contribution in [0.5, 0.6) is 0 Å². The highest BCUT2D eigenvalue weighted by atomic mass is 14.3. The zero-order valence-electron chi connectivity index (χ0n) is 62.4. The standard InChI is InChI=1S/C114H70/c1-5-29-77-61-81(57-53-71(77)25-1)107-91-33-9-17-41-99(91)111(100-42-18-10-34-92(100)107)87-65-85(66-88(69-87)112-101-43-19-11-35-93(101)108(94-36-12-20-44-102(94)112)82-58-54-72-26-2-6-30-78(72)62-82)75-49-51-76(52-50-75)86-67-89(113-103-45-21-13-37-95(103)109(96-38-14-22-46-104(96)113)83-59-55-73-27-3-7-31-79(73)63-83)70-90(68-86)114-105-47-23-15-39-97(105)110(98-40-16-24-48-106(98)114)84-60-56-74-28-4-8-32-80(74)64-84/h1-70H. The normalized spacial score (nSPS) is 11.9. The molecule has 0 unspecified atom stereocenters. The van der Waals surface area contributed by atoms with Crippen molar-refractivity contribution in [2.45, 2.75) is 0 Å². The molecule has 0 heteroatoms. The first-order valence-corrected chi connectivity index (χ1v) is 39.7. The minimum absolute atomic E-state index is 1.13. The second-order valence-electron chi connectivity index (χ2n) is 30.8. The molecule has 0 fully saturated rings. The summed E-state index contributed by atoms with van der Waals surface area (Å²) in [5.74, 6) is 0. The summed E-state index contributed by atoms with van der Waals surface area (Å²) < 4.78 is 0. The highest BCUT2D eigenvalue weighted by Crippen LogP contribution is 2.53. The van der Waals surface area contributed by atoms with Crippen LogP contribution in [0.4, 0.5) is 0 Å². The molecule has 0 nitrogen and oxygen atoms in total. The molecule has 0 spiro atoms. The third kappa shape index (κ3) is 10.6. The van der Waals surface area contributed by atoms with E-state index in [1.54, 1.807) is 0 Å². The number of rotatable bonds is 10. The summed E-state index contributed by atoms with van der Waals surface area (Å²) in [6.45, 7) is 0. The molecule has 23 aromatic carbocycles. The second-order valence-corrected chi connectivity index (χ2v) is 30.8. The summed E-state index contributed by atoms with van der Waals surface area (Å²) in [6, 6.07) is 160. The Balaban J connectivity index is 0.763. The molecule has 0 radical (unpaired) electrons. The zero-order valence-corrected chi connectivity index (χ0v) is 62.4. The van der Waals surface area contributed by atoms with Crippen molar-refractivity contribution < 1.29 is 0 Å². The van der Waals surface area contributed by atoms with Crippen LogP contribution in [0.2, 0.25) is 0 Å². The molecular formula is C114H70. The molecule has 0 N–H and O–H groups in total. The summed E-state index contributed by atoms with van der Waals surface area (Å²) in [5.41, 5.74) is 23.8. The van der Waals surface area contributed by atoms with Gasteiger partial charge >= 0.3 is 0 Å². The Bertz CT molecular complexity index is 6830. The smallest absolute Gasteiger partial charge is 0.00259 e. The lowest BCUT2D eigenvalue weighted by atomic mass is 9.82. The van der Waals surface area contributed by atoms with Crippen molar-refractivity contribution in [3.8, 4) is 111 Å². The molecule has 0 aliphatic heterocycles. The molecule has 114 heavy (non-hydrogen) atoms. The molecule has 0 saturated carbocycles. The molecule has 0 aromatic heterocycles. The first-order chi connectivity index (χ1) is 56.5. The maximum absolute atomic E-state index is 2.50. The Morgan fingerprint density at radius 2 is 0.211 bits per heavy atom. The van der Waals surface area contributed by atoms with Gasteiger partial charge in [-0.15, -0.1) is 0 Å². The fraction of sp³-hybridized carbons (Fsp3) is 0. The molecule has 0 amide bonds. The minimum Gasteiger partial charge on any atom is -0.0616 e. The average molecular weight is 1440 g/mol. The van der Waals surface area contributed by atoms with Crippen LogP contribution in [-0.4, -0.2) is 0 Å². The van der Waals surface area contributed by atoms with Gasteiger partial charge in [-0.2, -0.15) is 0 Å². The van der Waals surface area contributed by atoms with E-state index in [4.69, 9.17) is 0 Å². The first-order valence-electron chi connectivity index (χ1n) is 39.7. The molecule has 526 valence electrons. The van der Waals surface area contributed by atoms with Gasteiger partial charge in [-0.05, 0) is 301 Å². The molecule has 0 saturated heterocycles. The number of hydrogen-bond donors (Lipinski definition) is 0. The SMILES string of the molecule is c1ccc2cc(-c3c4ccccc4c(-c4cc(-c5ccc(-c6cc(-c7c8ccccc8c(-c8ccc9ccccc9c8)c8ccccc78)cc(-c7c8ccccc8c(-c8ccc9ccccc9c8)c8ccccc78)c6)cc5)cc(-c5c6ccccc6c(-c6ccc7ccccc7c6)c6ccccc56)c4)c4ccccc34)ccc2c1. The van der Waals surface area contributed by atoms with Gasteiger partial charge in [-0.25, -0.2) is 0 Å². The van der Waals surface area contributed by atoms with E-state index in [0.717, 1.165) is 44.5 Å². The fourth-order valence-corrected chi connectivity index (χ4v) is 19.4. The molecule has 0 aliphatic carbocycles. The number of benzene rings is 23. The molecule has 23 aromatic rings. The lowest BCUT2D eigenvalue weighted by molar-refractivity contribution is 1.58. The van der Waals surface area contributed by atoms with E-state index in [9.17, 15) is 0 Å². The molecule has 0 bridgehead atoms. The highest BCUT2D eigenvalue weighted by molar-refractivity contribution is 6.27. The number of hydrogen-bond acceptors (Lipinski definition) is 0. The van der Waals surface area contributed by atoms with Crippen molar-refractivity contribution in [3.05, 3.63) is 425 Å². The van der Waals surface area contributed by atoms with Crippen molar-refractivity contribution in [2.24, 2.45) is 0 Å². The van der Waals surface area contributed by atoms with E-state index in [0.29, 0.717) is 0 Å². The van der Waals surface area contributed by atoms with Gasteiger partial charge in [-0.1, -0.05) is 364 Å².